The van der Waals surface area contributed by atoms with Crippen molar-refractivity contribution in [2.45, 2.75) is 24.3 Å². The molecule has 0 unspecified atom stereocenters. The number of fused-ring (bicyclic) bond motifs is 1. The second-order valence-electron chi connectivity index (χ2n) is 7.11. The SMILES string of the molecule is C[C@@H]1Cc2cc(C(=O)Nc3ccc(I)cc3)ccc2N1S(=O)(=O)c1ccc(F)cc1. The predicted molar refractivity (Wildman–Crippen MR) is 123 cm³/mol. The lowest BCUT2D eigenvalue weighted by Crippen LogP contribution is -2.35. The van der Waals surface area contributed by atoms with Crippen LogP contribution < -0.4 is 9.62 Å². The van der Waals surface area contributed by atoms with Gasteiger partial charge in [-0.1, -0.05) is 0 Å². The minimum atomic E-state index is -3.84. The van der Waals surface area contributed by atoms with Crippen molar-refractivity contribution in [3.63, 3.8) is 0 Å². The summed E-state index contributed by atoms with van der Waals surface area (Å²) < 4.78 is 41.9. The number of hydrogen-bond acceptors (Lipinski definition) is 3. The molecule has 0 saturated heterocycles. The number of amides is 1. The first-order chi connectivity index (χ1) is 14.3. The molecule has 1 N–H and O–H groups in total. The minimum Gasteiger partial charge on any atom is -0.322 e. The van der Waals surface area contributed by atoms with Crippen molar-refractivity contribution in [3.8, 4) is 0 Å². The first kappa shape index (κ1) is 20.8. The van der Waals surface area contributed by atoms with Crippen LogP contribution in [0, 0.1) is 9.39 Å². The van der Waals surface area contributed by atoms with E-state index in [0.717, 1.165) is 21.3 Å². The molecule has 8 heteroatoms. The Morgan fingerprint density at radius 1 is 1.07 bits per heavy atom. The summed E-state index contributed by atoms with van der Waals surface area (Å²) in [4.78, 5) is 12.7. The van der Waals surface area contributed by atoms with Gasteiger partial charge in [-0.3, -0.25) is 9.10 Å². The lowest BCUT2D eigenvalue weighted by atomic mass is 10.1. The summed E-state index contributed by atoms with van der Waals surface area (Å²) in [5.41, 5.74) is 2.47. The Bertz CT molecular complexity index is 1210. The highest BCUT2D eigenvalue weighted by atomic mass is 127. The third kappa shape index (κ3) is 3.93. The van der Waals surface area contributed by atoms with Gasteiger partial charge in [-0.15, -0.1) is 0 Å². The average Bonchev–Trinajstić information content (AvgIpc) is 3.05. The van der Waals surface area contributed by atoms with Gasteiger partial charge in [-0.05, 0) is 108 Å². The summed E-state index contributed by atoms with van der Waals surface area (Å²) >= 11 is 2.19. The van der Waals surface area contributed by atoms with Crippen LogP contribution in [0.25, 0.3) is 0 Å². The predicted octanol–water partition coefficient (Wildman–Crippen LogP) is 4.82. The van der Waals surface area contributed by atoms with Gasteiger partial charge in [0.25, 0.3) is 15.9 Å². The van der Waals surface area contributed by atoms with Crippen molar-refractivity contribution in [2.24, 2.45) is 0 Å². The zero-order valence-corrected chi connectivity index (χ0v) is 18.9. The molecular formula is C22H18FIN2O3S. The van der Waals surface area contributed by atoms with Gasteiger partial charge in [0, 0.05) is 20.9 Å². The summed E-state index contributed by atoms with van der Waals surface area (Å²) in [6.45, 7) is 1.81. The first-order valence-corrected chi connectivity index (χ1v) is 11.8. The monoisotopic (exact) mass is 536 g/mol. The summed E-state index contributed by atoms with van der Waals surface area (Å²) in [7, 11) is -3.84. The Labute approximate surface area is 188 Å². The van der Waals surface area contributed by atoms with Crippen LogP contribution in [0.5, 0.6) is 0 Å². The van der Waals surface area contributed by atoms with Crippen molar-refractivity contribution in [3.05, 3.63) is 87.2 Å². The number of sulfonamides is 1. The first-order valence-electron chi connectivity index (χ1n) is 9.25. The molecule has 30 heavy (non-hydrogen) atoms. The maximum absolute atomic E-state index is 13.2. The molecule has 1 atom stereocenters. The van der Waals surface area contributed by atoms with Crippen LogP contribution in [0.3, 0.4) is 0 Å². The second kappa shape index (κ2) is 7.99. The molecule has 0 bridgehead atoms. The highest BCUT2D eigenvalue weighted by molar-refractivity contribution is 14.1. The van der Waals surface area contributed by atoms with Gasteiger partial charge < -0.3 is 5.32 Å². The van der Waals surface area contributed by atoms with Crippen LogP contribution in [0.2, 0.25) is 0 Å². The van der Waals surface area contributed by atoms with Crippen molar-refractivity contribution in [1.29, 1.82) is 0 Å². The molecule has 0 radical (unpaired) electrons. The zero-order valence-electron chi connectivity index (χ0n) is 16.0. The van der Waals surface area contributed by atoms with Gasteiger partial charge in [-0.25, -0.2) is 12.8 Å². The topological polar surface area (TPSA) is 66.5 Å². The molecule has 4 rings (SSSR count). The molecule has 1 aliphatic rings. The quantitative estimate of drug-likeness (QED) is 0.487. The maximum Gasteiger partial charge on any atom is 0.264 e. The van der Waals surface area contributed by atoms with Gasteiger partial charge in [0.2, 0.25) is 0 Å². The Kier molecular flexibility index (Phi) is 5.54. The summed E-state index contributed by atoms with van der Waals surface area (Å²) in [6.07, 6.45) is 0.487. The largest absolute Gasteiger partial charge is 0.322 e. The number of rotatable bonds is 4. The molecule has 1 heterocycles. The fourth-order valence-corrected chi connectivity index (χ4v) is 5.62. The summed E-state index contributed by atoms with van der Waals surface area (Å²) in [5, 5.41) is 2.85. The molecule has 0 spiro atoms. The van der Waals surface area contributed by atoms with E-state index >= 15 is 0 Å². The maximum atomic E-state index is 13.2. The number of benzene rings is 3. The summed E-state index contributed by atoms with van der Waals surface area (Å²) in [6, 6.07) is 16.9. The molecule has 3 aromatic carbocycles. The van der Waals surface area contributed by atoms with Gasteiger partial charge in [0.1, 0.15) is 5.82 Å². The fraction of sp³-hybridized carbons (Fsp3) is 0.136. The van der Waals surface area contributed by atoms with E-state index in [1.54, 1.807) is 18.2 Å². The second-order valence-corrected chi connectivity index (χ2v) is 10.2. The molecule has 154 valence electrons. The van der Waals surface area contributed by atoms with Crippen molar-refractivity contribution in [1.82, 2.24) is 0 Å². The van der Waals surface area contributed by atoms with Crippen LogP contribution in [-0.4, -0.2) is 20.4 Å². The number of carbonyl (C=O) groups is 1. The van der Waals surface area contributed by atoms with Crippen LogP contribution in [0.1, 0.15) is 22.8 Å². The third-order valence-electron chi connectivity index (χ3n) is 4.97. The van der Waals surface area contributed by atoms with Crippen LogP contribution in [0.15, 0.2) is 71.6 Å². The standard InChI is InChI=1S/C22H18FIN2O3S/c1-14-12-16-13-15(22(27)25-19-7-5-18(24)6-8-19)2-11-21(16)26(14)30(28,29)20-9-3-17(23)4-10-20/h2-11,13-14H,12H2,1H3,(H,25,27)/t14-/m1/s1. The van der Waals surface area contributed by atoms with E-state index < -0.39 is 15.8 Å². The van der Waals surface area contributed by atoms with Crippen LogP contribution in [0.4, 0.5) is 15.8 Å². The highest BCUT2D eigenvalue weighted by Gasteiger charge is 2.36. The number of anilines is 2. The molecule has 5 nitrogen and oxygen atoms in total. The average molecular weight is 536 g/mol. The van der Waals surface area contributed by atoms with Gasteiger partial charge >= 0.3 is 0 Å². The van der Waals surface area contributed by atoms with Gasteiger partial charge in [-0.2, -0.15) is 0 Å². The van der Waals surface area contributed by atoms with Gasteiger partial charge in [0.15, 0.2) is 0 Å². The molecule has 0 saturated carbocycles. The fourth-order valence-electron chi connectivity index (χ4n) is 3.57. The molecule has 0 aliphatic carbocycles. The number of nitrogens with one attached hydrogen (secondary N) is 1. The third-order valence-corrected chi connectivity index (χ3v) is 7.63. The van der Waals surface area contributed by atoms with E-state index in [9.17, 15) is 17.6 Å². The van der Waals surface area contributed by atoms with Gasteiger partial charge in [0.05, 0.1) is 10.6 Å². The normalized spacial score (nSPS) is 15.7. The minimum absolute atomic E-state index is 0.0316. The lowest BCUT2D eigenvalue weighted by Gasteiger charge is -2.24. The summed E-state index contributed by atoms with van der Waals surface area (Å²) in [5.74, 6) is -0.751. The van der Waals surface area contributed by atoms with Crippen LogP contribution >= 0.6 is 22.6 Å². The molecular weight excluding hydrogens is 518 g/mol. The lowest BCUT2D eigenvalue weighted by molar-refractivity contribution is 0.102. The number of nitrogens with zero attached hydrogens (tertiary/aromatic N) is 1. The number of halogens is 2. The van der Waals surface area contributed by atoms with E-state index in [1.165, 1.54) is 16.4 Å². The Morgan fingerprint density at radius 2 is 1.73 bits per heavy atom. The van der Waals surface area contributed by atoms with E-state index in [2.05, 4.69) is 27.9 Å². The smallest absolute Gasteiger partial charge is 0.264 e. The molecule has 1 amide bonds. The van der Waals surface area contributed by atoms with E-state index in [-0.39, 0.29) is 16.8 Å². The van der Waals surface area contributed by atoms with E-state index in [4.69, 9.17) is 0 Å². The number of carbonyl (C=O) groups excluding carboxylic acids is 1. The molecule has 1 aliphatic heterocycles. The zero-order chi connectivity index (χ0) is 21.5. The molecule has 0 aromatic heterocycles. The molecule has 3 aromatic rings. The Hall–Kier alpha value is -2.46. The van der Waals surface area contributed by atoms with Crippen LogP contribution in [-0.2, 0) is 16.4 Å². The van der Waals surface area contributed by atoms with E-state index in [1.807, 2.05) is 31.2 Å². The van der Waals surface area contributed by atoms with E-state index in [0.29, 0.717) is 23.4 Å². The highest BCUT2D eigenvalue weighted by Crippen LogP contribution is 2.37. The Balaban J connectivity index is 1.62. The number of hydrogen-bond donors (Lipinski definition) is 1. The van der Waals surface area contributed by atoms with Crippen molar-refractivity contribution < 1.29 is 17.6 Å². The Morgan fingerprint density at radius 3 is 2.40 bits per heavy atom. The van der Waals surface area contributed by atoms with Crippen molar-refractivity contribution in [2.75, 3.05) is 9.62 Å². The molecule has 0 fully saturated rings. The van der Waals surface area contributed by atoms with Crippen molar-refractivity contribution >= 4 is 49.9 Å².